The van der Waals surface area contributed by atoms with Gasteiger partial charge in [0.05, 0.1) is 12.1 Å². The third-order valence-electron chi connectivity index (χ3n) is 5.56. The predicted octanol–water partition coefficient (Wildman–Crippen LogP) is 2.79. The average Bonchev–Trinajstić information content (AvgIpc) is 2.46. The molecule has 19 heavy (non-hydrogen) atoms. The number of hydrogen-bond acceptors (Lipinski definition) is 3. The molecule has 2 fully saturated rings. The van der Waals surface area contributed by atoms with Crippen LogP contribution in [0, 0.1) is 5.41 Å². The minimum atomic E-state index is 0.0340. The Labute approximate surface area is 118 Å². The number of rotatable bonds is 5. The van der Waals surface area contributed by atoms with Gasteiger partial charge in [-0.2, -0.15) is 0 Å². The number of piperidine rings is 1. The lowest BCUT2D eigenvalue weighted by Gasteiger charge is -2.50. The maximum absolute atomic E-state index is 6.03. The Morgan fingerprint density at radius 2 is 1.74 bits per heavy atom. The Kier molecular flexibility index (Phi) is 5.27. The molecule has 1 saturated heterocycles. The lowest BCUT2D eigenvalue weighted by atomic mass is 9.67. The zero-order valence-electron chi connectivity index (χ0n) is 12.9. The molecule has 0 amide bonds. The topological polar surface area (TPSA) is 38.5 Å². The second-order valence-electron chi connectivity index (χ2n) is 6.89. The van der Waals surface area contributed by atoms with Gasteiger partial charge < -0.3 is 10.5 Å². The van der Waals surface area contributed by atoms with Crippen LogP contribution in [0.15, 0.2) is 0 Å². The van der Waals surface area contributed by atoms with Crippen LogP contribution in [0.3, 0.4) is 0 Å². The SMILES string of the molecule is CCOCC(C)(CN)N1CCC2(CCCCC2)CC1. The first-order valence-corrected chi connectivity index (χ1v) is 8.17. The summed E-state index contributed by atoms with van der Waals surface area (Å²) in [5.74, 6) is 0. The van der Waals surface area contributed by atoms with Crippen LogP contribution in [0.25, 0.3) is 0 Å². The summed E-state index contributed by atoms with van der Waals surface area (Å²) in [6, 6.07) is 0. The van der Waals surface area contributed by atoms with E-state index in [0.717, 1.165) is 13.2 Å². The summed E-state index contributed by atoms with van der Waals surface area (Å²) in [6.07, 6.45) is 10.0. The van der Waals surface area contributed by atoms with Crippen LogP contribution in [0.1, 0.15) is 58.8 Å². The van der Waals surface area contributed by atoms with Crippen molar-refractivity contribution >= 4 is 0 Å². The van der Waals surface area contributed by atoms with Gasteiger partial charge in [-0.3, -0.25) is 4.90 Å². The molecule has 1 saturated carbocycles. The molecule has 112 valence electrons. The zero-order valence-corrected chi connectivity index (χ0v) is 12.9. The zero-order chi connectivity index (χ0) is 13.8. The lowest BCUT2D eigenvalue weighted by Crippen LogP contribution is -2.58. The summed E-state index contributed by atoms with van der Waals surface area (Å²) in [7, 11) is 0. The number of nitrogens with two attached hydrogens (primary N) is 1. The third kappa shape index (κ3) is 3.50. The molecular formula is C16H32N2O. The number of likely N-dealkylation sites (tertiary alicyclic amines) is 1. The first kappa shape index (κ1) is 15.3. The van der Waals surface area contributed by atoms with Crippen molar-refractivity contribution in [3.8, 4) is 0 Å². The highest BCUT2D eigenvalue weighted by atomic mass is 16.5. The molecule has 2 rings (SSSR count). The summed E-state index contributed by atoms with van der Waals surface area (Å²) in [4.78, 5) is 2.59. The molecule has 2 N–H and O–H groups in total. The molecule has 1 heterocycles. The van der Waals surface area contributed by atoms with Crippen LogP contribution < -0.4 is 5.73 Å². The molecule has 1 aliphatic heterocycles. The summed E-state index contributed by atoms with van der Waals surface area (Å²) >= 11 is 0. The van der Waals surface area contributed by atoms with E-state index < -0.39 is 0 Å². The maximum atomic E-state index is 6.03. The molecule has 1 atom stereocenters. The van der Waals surface area contributed by atoms with Crippen molar-refractivity contribution in [3.63, 3.8) is 0 Å². The number of hydrogen-bond donors (Lipinski definition) is 1. The fourth-order valence-corrected chi connectivity index (χ4v) is 3.92. The molecule has 1 aliphatic carbocycles. The van der Waals surface area contributed by atoms with Crippen molar-refractivity contribution in [2.75, 3.05) is 32.8 Å². The van der Waals surface area contributed by atoms with E-state index in [-0.39, 0.29) is 5.54 Å². The van der Waals surface area contributed by atoms with Crippen LogP contribution in [0.5, 0.6) is 0 Å². The predicted molar refractivity (Wildman–Crippen MR) is 80.3 cm³/mol. The lowest BCUT2D eigenvalue weighted by molar-refractivity contribution is -0.0313. The quantitative estimate of drug-likeness (QED) is 0.833. The standard InChI is InChI=1S/C16H32N2O/c1-3-19-14-15(2,13-17)18-11-9-16(10-12-18)7-5-4-6-8-16/h3-14,17H2,1-2H3. The highest BCUT2D eigenvalue weighted by Crippen LogP contribution is 2.45. The van der Waals surface area contributed by atoms with E-state index >= 15 is 0 Å². The van der Waals surface area contributed by atoms with Gasteiger partial charge in [-0.05, 0) is 58.0 Å². The van der Waals surface area contributed by atoms with Crippen molar-refractivity contribution in [2.45, 2.75) is 64.3 Å². The molecule has 0 aromatic carbocycles. The van der Waals surface area contributed by atoms with Crippen molar-refractivity contribution in [2.24, 2.45) is 11.1 Å². The average molecular weight is 268 g/mol. The molecule has 2 aliphatic rings. The Morgan fingerprint density at radius 3 is 2.26 bits per heavy atom. The second kappa shape index (κ2) is 6.55. The van der Waals surface area contributed by atoms with E-state index in [1.54, 1.807) is 0 Å². The van der Waals surface area contributed by atoms with E-state index in [1.165, 1.54) is 58.0 Å². The van der Waals surface area contributed by atoms with Crippen molar-refractivity contribution in [3.05, 3.63) is 0 Å². The first-order valence-electron chi connectivity index (χ1n) is 8.17. The summed E-state index contributed by atoms with van der Waals surface area (Å²) < 4.78 is 5.66. The largest absolute Gasteiger partial charge is 0.380 e. The Balaban J connectivity index is 1.90. The third-order valence-corrected chi connectivity index (χ3v) is 5.56. The molecule has 1 spiro atoms. The normalized spacial score (nSPS) is 27.3. The van der Waals surface area contributed by atoms with Gasteiger partial charge in [-0.25, -0.2) is 0 Å². The minimum Gasteiger partial charge on any atom is -0.380 e. The van der Waals surface area contributed by atoms with Gasteiger partial charge in [-0.15, -0.1) is 0 Å². The van der Waals surface area contributed by atoms with Crippen LogP contribution in [0.4, 0.5) is 0 Å². The monoisotopic (exact) mass is 268 g/mol. The Bertz CT molecular complexity index is 266. The van der Waals surface area contributed by atoms with Gasteiger partial charge in [0.2, 0.25) is 0 Å². The minimum absolute atomic E-state index is 0.0340. The van der Waals surface area contributed by atoms with Crippen LogP contribution in [-0.2, 0) is 4.74 Å². The molecule has 0 radical (unpaired) electrons. The highest BCUT2D eigenvalue weighted by Gasteiger charge is 2.40. The Morgan fingerprint density at radius 1 is 1.11 bits per heavy atom. The van der Waals surface area contributed by atoms with Gasteiger partial charge in [0, 0.05) is 13.2 Å². The van der Waals surface area contributed by atoms with E-state index in [0.29, 0.717) is 12.0 Å². The van der Waals surface area contributed by atoms with E-state index in [1.807, 2.05) is 0 Å². The highest BCUT2D eigenvalue weighted by molar-refractivity contribution is 4.95. The van der Waals surface area contributed by atoms with Crippen LogP contribution in [-0.4, -0.2) is 43.3 Å². The van der Waals surface area contributed by atoms with E-state index in [4.69, 9.17) is 10.5 Å². The van der Waals surface area contributed by atoms with E-state index in [9.17, 15) is 0 Å². The fourth-order valence-electron chi connectivity index (χ4n) is 3.92. The fraction of sp³-hybridized carbons (Fsp3) is 1.00. The molecule has 0 aromatic heterocycles. The van der Waals surface area contributed by atoms with Crippen molar-refractivity contribution in [1.29, 1.82) is 0 Å². The maximum Gasteiger partial charge on any atom is 0.0659 e. The molecule has 3 nitrogen and oxygen atoms in total. The number of ether oxygens (including phenoxy) is 1. The molecule has 3 heteroatoms. The molecule has 0 bridgehead atoms. The van der Waals surface area contributed by atoms with E-state index in [2.05, 4.69) is 18.7 Å². The number of nitrogens with zero attached hydrogens (tertiary/aromatic N) is 1. The summed E-state index contributed by atoms with van der Waals surface area (Å²) in [5.41, 5.74) is 6.74. The molecule has 0 aromatic rings. The Hall–Kier alpha value is -0.120. The van der Waals surface area contributed by atoms with Crippen LogP contribution in [0.2, 0.25) is 0 Å². The molecular weight excluding hydrogens is 236 g/mol. The van der Waals surface area contributed by atoms with Crippen LogP contribution >= 0.6 is 0 Å². The molecule has 1 unspecified atom stereocenters. The summed E-state index contributed by atoms with van der Waals surface area (Å²) in [6.45, 7) is 8.99. The first-order chi connectivity index (χ1) is 9.14. The van der Waals surface area contributed by atoms with Gasteiger partial charge in [0.25, 0.3) is 0 Å². The van der Waals surface area contributed by atoms with Gasteiger partial charge in [0.1, 0.15) is 0 Å². The smallest absolute Gasteiger partial charge is 0.0659 e. The van der Waals surface area contributed by atoms with Gasteiger partial charge >= 0.3 is 0 Å². The summed E-state index contributed by atoms with van der Waals surface area (Å²) in [5, 5.41) is 0. The van der Waals surface area contributed by atoms with Gasteiger partial charge in [-0.1, -0.05) is 19.3 Å². The van der Waals surface area contributed by atoms with Crippen molar-refractivity contribution in [1.82, 2.24) is 4.90 Å². The second-order valence-corrected chi connectivity index (χ2v) is 6.89. The van der Waals surface area contributed by atoms with Crippen molar-refractivity contribution < 1.29 is 4.74 Å². The van der Waals surface area contributed by atoms with Gasteiger partial charge in [0.15, 0.2) is 0 Å².